The quantitative estimate of drug-likeness (QED) is 0.896. The standard InChI is InChI=1S/C9H10F3NO2S/c1-13(5-9(10,11)12)4-6-2-3-16-7(6)8(14)15/h2-3H,4-5H2,1H3,(H,14,15). The van der Waals surface area contributed by atoms with E-state index in [2.05, 4.69) is 0 Å². The summed E-state index contributed by atoms with van der Waals surface area (Å²) in [4.78, 5) is 11.8. The number of thiophene rings is 1. The molecule has 0 bridgehead atoms. The summed E-state index contributed by atoms with van der Waals surface area (Å²) in [5.41, 5.74) is 0.407. The van der Waals surface area contributed by atoms with Gasteiger partial charge in [-0.25, -0.2) is 4.79 Å². The van der Waals surface area contributed by atoms with E-state index in [9.17, 15) is 18.0 Å². The molecule has 0 spiro atoms. The molecule has 3 nitrogen and oxygen atoms in total. The number of hydrogen-bond donors (Lipinski definition) is 1. The fourth-order valence-electron chi connectivity index (χ4n) is 1.30. The first kappa shape index (κ1) is 13.0. The second-order valence-electron chi connectivity index (χ2n) is 3.37. The Bertz CT molecular complexity index is 375. The molecular weight excluding hydrogens is 243 g/mol. The minimum absolute atomic E-state index is 0.0232. The second-order valence-corrected chi connectivity index (χ2v) is 4.28. The number of carboxylic acids is 1. The van der Waals surface area contributed by atoms with Crippen LogP contribution in [0.25, 0.3) is 0 Å². The molecule has 1 rings (SSSR count). The van der Waals surface area contributed by atoms with E-state index in [1.54, 1.807) is 5.38 Å². The van der Waals surface area contributed by atoms with Crippen LogP contribution in [0.4, 0.5) is 13.2 Å². The van der Waals surface area contributed by atoms with Crippen molar-refractivity contribution in [1.29, 1.82) is 0 Å². The van der Waals surface area contributed by atoms with Gasteiger partial charge in [-0.2, -0.15) is 13.2 Å². The first-order chi connectivity index (χ1) is 7.29. The Morgan fingerprint density at radius 3 is 2.69 bits per heavy atom. The summed E-state index contributed by atoms with van der Waals surface area (Å²) < 4.78 is 36.1. The minimum atomic E-state index is -4.27. The van der Waals surface area contributed by atoms with Gasteiger partial charge in [0.15, 0.2) is 0 Å². The molecule has 0 amide bonds. The van der Waals surface area contributed by atoms with E-state index in [0.717, 1.165) is 16.2 Å². The van der Waals surface area contributed by atoms with Crippen molar-refractivity contribution in [3.63, 3.8) is 0 Å². The maximum atomic E-state index is 12.0. The minimum Gasteiger partial charge on any atom is -0.477 e. The Morgan fingerprint density at radius 1 is 1.56 bits per heavy atom. The van der Waals surface area contributed by atoms with E-state index in [4.69, 9.17) is 5.11 Å². The van der Waals surface area contributed by atoms with Crippen LogP contribution in [0.5, 0.6) is 0 Å². The van der Waals surface area contributed by atoms with Crippen LogP contribution in [0.3, 0.4) is 0 Å². The molecule has 1 N–H and O–H groups in total. The van der Waals surface area contributed by atoms with Crippen molar-refractivity contribution < 1.29 is 23.1 Å². The lowest BCUT2D eigenvalue weighted by atomic mass is 10.2. The average molecular weight is 253 g/mol. The zero-order chi connectivity index (χ0) is 12.3. The van der Waals surface area contributed by atoms with Gasteiger partial charge in [0.25, 0.3) is 0 Å². The Balaban J connectivity index is 2.66. The number of hydrogen-bond acceptors (Lipinski definition) is 3. The van der Waals surface area contributed by atoms with Gasteiger partial charge in [-0.05, 0) is 24.1 Å². The van der Waals surface area contributed by atoms with Crippen molar-refractivity contribution in [1.82, 2.24) is 4.90 Å². The number of alkyl halides is 3. The predicted molar refractivity (Wildman–Crippen MR) is 53.7 cm³/mol. The first-order valence-electron chi connectivity index (χ1n) is 4.34. The third kappa shape index (κ3) is 3.82. The number of rotatable bonds is 4. The fraction of sp³-hybridized carbons (Fsp3) is 0.444. The molecule has 0 saturated heterocycles. The highest BCUT2D eigenvalue weighted by Gasteiger charge is 2.29. The van der Waals surface area contributed by atoms with E-state index in [0.29, 0.717) is 5.56 Å². The highest BCUT2D eigenvalue weighted by molar-refractivity contribution is 7.12. The molecule has 0 aromatic carbocycles. The summed E-state index contributed by atoms with van der Waals surface area (Å²) in [6.45, 7) is -1.08. The molecule has 7 heteroatoms. The number of carboxylic acid groups (broad SMARTS) is 1. The average Bonchev–Trinajstić information content (AvgIpc) is 2.47. The normalized spacial score (nSPS) is 12.1. The van der Waals surface area contributed by atoms with Gasteiger partial charge in [0, 0.05) is 6.54 Å². The van der Waals surface area contributed by atoms with Crippen molar-refractivity contribution >= 4 is 17.3 Å². The van der Waals surface area contributed by atoms with Gasteiger partial charge >= 0.3 is 12.1 Å². The lowest BCUT2D eigenvalue weighted by Gasteiger charge is -2.18. The van der Waals surface area contributed by atoms with Gasteiger partial charge < -0.3 is 5.11 Å². The molecule has 1 aromatic rings. The van der Waals surface area contributed by atoms with Crippen LogP contribution in [-0.4, -0.2) is 35.7 Å². The summed E-state index contributed by atoms with van der Waals surface area (Å²) in [6.07, 6.45) is -4.27. The molecule has 90 valence electrons. The summed E-state index contributed by atoms with van der Waals surface area (Å²) in [7, 11) is 1.30. The van der Waals surface area contributed by atoms with Gasteiger partial charge in [-0.3, -0.25) is 4.90 Å². The highest BCUT2D eigenvalue weighted by atomic mass is 32.1. The van der Waals surface area contributed by atoms with Crippen molar-refractivity contribution in [3.05, 3.63) is 21.9 Å². The van der Waals surface area contributed by atoms with Gasteiger partial charge in [0.1, 0.15) is 4.88 Å². The van der Waals surface area contributed by atoms with Crippen molar-refractivity contribution in [2.45, 2.75) is 12.7 Å². The molecule has 0 radical (unpaired) electrons. The van der Waals surface area contributed by atoms with Crippen LogP contribution in [0.2, 0.25) is 0 Å². The van der Waals surface area contributed by atoms with E-state index in [-0.39, 0.29) is 11.4 Å². The van der Waals surface area contributed by atoms with Crippen molar-refractivity contribution in [3.8, 4) is 0 Å². The Labute approximate surface area is 94.1 Å². The molecule has 0 aliphatic rings. The molecule has 0 aliphatic carbocycles. The number of nitrogens with zero attached hydrogens (tertiary/aromatic N) is 1. The fourth-order valence-corrected chi connectivity index (χ4v) is 2.05. The molecule has 0 atom stereocenters. The van der Waals surface area contributed by atoms with Crippen LogP contribution in [0, 0.1) is 0 Å². The molecule has 1 aromatic heterocycles. The maximum Gasteiger partial charge on any atom is 0.401 e. The molecule has 0 fully saturated rings. The first-order valence-corrected chi connectivity index (χ1v) is 5.22. The van der Waals surface area contributed by atoms with Crippen LogP contribution < -0.4 is 0 Å². The molecule has 1 heterocycles. The molecular formula is C9H10F3NO2S. The molecule has 0 aliphatic heterocycles. The maximum absolute atomic E-state index is 12.0. The molecule has 16 heavy (non-hydrogen) atoms. The number of carbonyl (C=O) groups is 1. The summed E-state index contributed by atoms with van der Waals surface area (Å²) >= 11 is 1.01. The van der Waals surface area contributed by atoms with Gasteiger partial charge in [0.05, 0.1) is 6.54 Å². The van der Waals surface area contributed by atoms with Crippen LogP contribution in [0.1, 0.15) is 15.2 Å². The van der Waals surface area contributed by atoms with Gasteiger partial charge in [-0.15, -0.1) is 11.3 Å². The Kier molecular flexibility index (Phi) is 3.93. The Hall–Kier alpha value is -1.08. The van der Waals surface area contributed by atoms with Gasteiger partial charge in [-0.1, -0.05) is 0 Å². The second kappa shape index (κ2) is 4.84. The summed E-state index contributed by atoms with van der Waals surface area (Å²) in [5.74, 6) is -1.11. The zero-order valence-electron chi connectivity index (χ0n) is 8.41. The topological polar surface area (TPSA) is 40.5 Å². The highest BCUT2D eigenvalue weighted by Crippen LogP contribution is 2.21. The largest absolute Gasteiger partial charge is 0.477 e. The third-order valence-electron chi connectivity index (χ3n) is 1.83. The molecule has 0 unspecified atom stereocenters. The van der Waals surface area contributed by atoms with E-state index >= 15 is 0 Å². The van der Waals surface area contributed by atoms with Gasteiger partial charge in [0.2, 0.25) is 0 Å². The monoisotopic (exact) mass is 253 g/mol. The lowest BCUT2D eigenvalue weighted by Crippen LogP contribution is -2.30. The van der Waals surface area contributed by atoms with E-state index in [1.807, 2.05) is 0 Å². The van der Waals surface area contributed by atoms with E-state index in [1.165, 1.54) is 13.1 Å². The SMILES string of the molecule is CN(Cc1ccsc1C(=O)O)CC(F)(F)F. The third-order valence-corrected chi connectivity index (χ3v) is 2.78. The smallest absolute Gasteiger partial charge is 0.401 e. The zero-order valence-corrected chi connectivity index (χ0v) is 9.23. The number of aromatic carboxylic acids is 1. The summed E-state index contributed by atoms with van der Waals surface area (Å²) in [6, 6.07) is 1.53. The van der Waals surface area contributed by atoms with Crippen molar-refractivity contribution in [2.75, 3.05) is 13.6 Å². The molecule has 0 saturated carbocycles. The predicted octanol–water partition coefficient (Wildman–Crippen LogP) is 2.44. The lowest BCUT2D eigenvalue weighted by molar-refractivity contribution is -0.144. The van der Waals surface area contributed by atoms with Crippen molar-refractivity contribution in [2.24, 2.45) is 0 Å². The van der Waals surface area contributed by atoms with Crippen LogP contribution >= 0.6 is 11.3 Å². The van der Waals surface area contributed by atoms with E-state index < -0.39 is 18.7 Å². The number of halogens is 3. The van der Waals surface area contributed by atoms with Crippen LogP contribution in [-0.2, 0) is 6.54 Å². The van der Waals surface area contributed by atoms with Crippen LogP contribution in [0.15, 0.2) is 11.4 Å². The Morgan fingerprint density at radius 2 is 2.19 bits per heavy atom. The summed E-state index contributed by atoms with van der Waals surface area (Å²) in [5, 5.41) is 10.3.